The van der Waals surface area contributed by atoms with Crippen LogP contribution in [0.4, 0.5) is 0 Å². The molecule has 12 heavy (non-hydrogen) atoms. The van der Waals surface area contributed by atoms with E-state index in [1.54, 1.807) is 0 Å². The van der Waals surface area contributed by atoms with Crippen molar-refractivity contribution in [1.29, 1.82) is 0 Å². The maximum Gasteiger partial charge on any atom is 0.0588 e. The van der Waals surface area contributed by atoms with Gasteiger partial charge in [0.15, 0.2) is 0 Å². The van der Waals surface area contributed by atoms with E-state index in [0.717, 1.165) is 10.9 Å². The molecule has 1 aliphatic rings. The van der Waals surface area contributed by atoms with E-state index in [0.29, 0.717) is 0 Å². The van der Waals surface area contributed by atoms with Crippen molar-refractivity contribution in [1.82, 2.24) is 0 Å². The highest BCUT2D eigenvalue weighted by Crippen LogP contribution is 2.35. The molecule has 0 heterocycles. The van der Waals surface area contributed by atoms with Crippen LogP contribution in [0, 0.1) is 0 Å². The fourth-order valence-electron chi connectivity index (χ4n) is 1.72. The van der Waals surface area contributed by atoms with Gasteiger partial charge in [-0.15, -0.1) is 11.6 Å². The Bertz CT molecular complexity index is 296. The van der Waals surface area contributed by atoms with Gasteiger partial charge in [0.2, 0.25) is 0 Å². The smallest absolute Gasteiger partial charge is 0.0588 e. The first-order valence-electron chi connectivity index (χ1n) is 4.20. The van der Waals surface area contributed by atoms with Gasteiger partial charge in [-0.25, -0.2) is 0 Å². The number of benzene rings is 1. The number of hydrogen-bond acceptors (Lipinski definition) is 0. The van der Waals surface area contributed by atoms with E-state index in [2.05, 4.69) is 34.1 Å². The summed E-state index contributed by atoms with van der Waals surface area (Å²) in [6, 6.07) is 6.39. The highest BCUT2D eigenvalue weighted by atomic mass is 79.9. The number of alkyl halides is 1. The SMILES string of the molecule is Cl[C@H]1CCCc2cc(Br)ccc21. The molecule has 0 spiro atoms. The average molecular weight is 246 g/mol. The zero-order valence-corrected chi connectivity index (χ0v) is 9.03. The van der Waals surface area contributed by atoms with Gasteiger partial charge < -0.3 is 0 Å². The van der Waals surface area contributed by atoms with Crippen LogP contribution >= 0.6 is 27.5 Å². The van der Waals surface area contributed by atoms with Crippen LogP contribution in [0.5, 0.6) is 0 Å². The molecule has 0 amide bonds. The number of rotatable bonds is 0. The van der Waals surface area contributed by atoms with Crippen LogP contribution in [0.15, 0.2) is 22.7 Å². The molecular formula is C10H10BrCl. The lowest BCUT2D eigenvalue weighted by Gasteiger charge is -2.20. The number of hydrogen-bond donors (Lipinski definition) is 0. The summed E-state index contributed by atoms with van der Waals surface area (Å²) in [4.78, 5) is 0. The third-order valence-corrected chi connectivity index (χ3v) is 3.29. The van der Waals surface area contributed by atoms with E-state index >= 15 is 0 Å². The summed E-state index contributed by atoms with van der Waals surface area (Å²) >= 11 is 9.65. The molecule has 0 saturated carbocycles. The Kier molecular flexibility index (Phi) is 2.42. The molecule has 1 atom stereocenters. The second kappa shape index (κ2) is 3.39. The molecule has 0 unspecified atom stereocenters. The number of halogens is 2. The molecule has 1 aliphatic carbocycles. The summed E-state index contributed by atoms with van der Waals surface area (Å²) < 4.78 is 1.16. The molecule has 1 aromatic carbocycles. The molecule has 0 radical (unpaired) electrons. The van der Waals surface area contributed by atoms with Crippen LogP contribution in [0.2, 0.25) is 0 Å². The average Bonchev–Trinajstić information content (AvgIpc) is 2.04. The van der Waals surface area contributed by atoms with E-state index in [1.165, 1.54) is 24.0 Å². The first-order chi connectivity index (χ1) is 5.77. The Morgan fingerprint density at radius 3 is 3.08 bits per heavy atom. The van der Waals surface area contributed by atoms with Gasteiger partial charge in [-0.1, -0.05) is 22.0 Å². The van der Waals surface area contributed by atoms with E-state index in [1.807, 2.05) is 0 Å². The molecule has 0 bridgehead atoms. The Hall–Kier alpha value is -0.0100. The minimum Gasteiger partial charge on any atom is -0.118 e. The van der Waals surface area contributed by atoms with Gasteiger partial charge in [0.05, 0.1) is 5.38 Å². The summed E-state index contributed by atoms with van der Waals surface area (Å²) in [5.74, 6) is 0. The van der Waals surface area contributed by atoms with Crippen LogP contribution in [0.3, 0.4) is 0 Å². The maximum atomic E-state index is 6.18. The van der Waals surface area contributed by atoms with E-state index in [4.69, 9.17) is 11.6 Å². The summed E-state index contributed by atoms with van der Waals surface area (Å²) in [5, 5.41) is 0.238. The summed E-state index contributed by atoms with van der Waals surface area (Å²) in [7, 11) is 0. The van der Waals surface area contributed by atoms with Crippen molar-refractivity contribution in [2.45, 2.75) is 24.6 Å². The van der Waals surface area contributed by atoms with Crippen molar-refractivity contribution in [3.8, 4) is 0 Å². The lowest BCUT2D eigenvalue weighted by atomic mass is 9.91. The van der Waals surface area contributed by atoms with Crippen LogP contribution < -0.4 is 0 Å². The zero-order valence-electron chi connectivity index (χ0n) is 6.69. The maximum absolute atomic E-state index is 6.18. The predicted molar refractivity (Wildman–Crippen MR) is 55.7 cm³/mol. The zero-order chi connectivity index (χ0) is 8.55. The molecule has 1 aromatic rings. The lowest BCUT2D eigenvalue weighted by Crippen LogP contribution is -2.04. The fraction of sp³-hybridized carbons (Fsp3) is 0.400. The number of aryl methyl sites for hydroxylation is 1. The van der Waals surface area contributed by atoms with Gasteiger partial charge >= 0.3 is 0 Å². The van der Waals surface area contributed by atoms with Crippen molar-refractivity contribution in [2.75, 3.05) is 0 Å². The highest BCUT2D eigenvalue weighted by Gasteiger charge is 2.17. The quantitative estimate of drug-likeness (QED) is 0.605. The Morgan fingerprint density at radius 1 is 1.42 bits per heavy atom. The highest BCUT2D eigenvalue weighted by molar-refractivity contribution is 9.10. The van der Waals surface area contributed by atoms with Gasteiger partial charge in [-0.3, -0.25) is 0 Å². The van der Waals surface area contributed by atoms with Crippen molar-refractivity contribution in [2.24, 2.45) is 0 Å². The summed E-state index contributed by atoms with van der Waals surface area (Å²) in [6.07, 6.45) is 3.52. The van der Waals surface area contributed by atoms with E-state index < -0.39 is 0 Å². The molecular weight excluding hydrogens is 235 g/mol. The van der Waals surface area contributed by atoms with Crippen molar-refractivity contribution in [3.05, 3.63) is 33.8 Å². The summed E-state index contributed by atoms with van der Waals surface area (Å²) in [6.45, 7) is 0. The molecule has 2 rings (SSSR count). The van der Waals surface area contributed by atoms with Crippen LogP contribution in [-0.2, 0) is 6.42 Å². The molecule has 2 heteroatoms. The third kappa shape index (κ3) is 1.53. The monoisotopic (exact) mass is 244 g/mol. The minimum absolute atomic E-state index is 0.238. The standard InChI is InChI=1S/C10H10BrCl/c11-8-4-5-9-7(6-8)2-1-3-10(9)12/h4-6,10H,1-3H2/t10-/m0/s1. The van der Waals surface area contributed by atoms with Crippen molar-refractivity contribution < 1.29 is 0 Å². The Labute approximate surface area is 86.1 Å². The molecule has 0 fully saturated rings. The lowest BCUT2D eigenvalue weighted by molar-refractivity contribution is 0.667. The molecule has 0 N–H and O–H groups in total. The van der Waals surface area contributed by atoms with Gasteiger partial charge in [0, 0.05) is 4.47 Å². The molecule has 0 saturated heterocycles. The fourth-order valence-corrected chi connectivity index (χ4v) is 2.50. The molecule has 0 aliphatic heterocycles. The van der Waals surface area contributed by atoms with Crippen LogP contribution in [0.1, 0.15) is 29.3 Å². The van der Waals surface area contributed by atoms with E-state index in [-0.39, 0.29) is 5.38 Å². The van der Waals surface area contributed by atoms with Gasteiger partial charge in [0.25, 0.3) is 0 Å². The second-order valence-corrected chi connectivity index (χ2v) is 4.65. The van der Waals surface area contributed by atoms with E-state index in [9.17, 15) is 0 Å². The third-order valence-electron chi connectivity index (χ3n) is 2.35. The molecule has 0 aromatic heterocycles. The topological polar surface area (TPSA) is 0 Å². The number of fused-ring (bicyclic) bond motifs is 1. The second-order valence-electron chi connectivity index (χ2n) is 3.20. The predicted octanol–water partition coefficient (Wildman–Crippen LogP) is 4.07. The minimum atomic E-state index is 0.238. The Morgan fingerprint density at radius 2 is 2.25 bits per heavy atom. The summed E-state index contributed by atoms with van der Waals surface area (Å²) in [5.41, 5.74) is 2.74. The van der Waals surface area contributed by atoms with Crippen molar-refractivity contribution in [3.63, 3.8) is 0 Å². The molecule has 64 valence electrons. The van der Waals surface area contributed by atoms with Gasteiger partial charge in [-0.05, 0) is 42.5 Å². The largest absolute Gasteiger partial charge is 0.118 e. The first-order valence-corrected chi connectivity index (χ1v) is 5.43. The Balaban J connectivity index is 2.46. The van der Waals surface area contributed by atoms with Crippen molar-refractivity contribution >= 4 is 27.5 Å². The molecule has 0 nitrogen and oxygen atoms in total. The van der Waals surface area contributed by atoms with Gasteiger partial charge in [-0.2, -0.15) is 0 Å². The van der Waals surface area contributed by atoms with Gasteiger partial charge in [0.1, 0.15) is 0 Å². The van der Waals surface area contributed by atoms with Crippen LogP contribution in [-0.4, -0.2) is 0 Å². The van der Waals surface area contributed by atoms with Crippen LogP contribution in [0.25, 0.3) is 0 Å². The first kappa shape index (κ1) is 8.58. The normalized spacial score (nSPS) is 22.0.